The van der Waals surface area contributed by atoms with Gasteiger partial charge in [-0.2, -0.15) is 39.5 Å². The van der Waals surface area contributed by atoms with Crippen molar-refractivity contribution in [3.63, 3.8) is 0 Å². The standard InChI is InChI=1S/C19H10F10N2/c20-13-14(10-6-2-1-3-7-10)30-11-8-4-5-9-12(11)31-15(13)16(21,22)17(23,24)18(25,26)19(27,28)29/h1-9,13H. The van der Waals surface area contributed by atoms with Crippen LogP contribution in [0.1, 0.15) is 5.56 Å². The molecule has 31 heavy (non-hydrogen) atoms. The van der Waals surface area contributed by atoms with Gasteiger partial charge in [0.15, 0.2) is 6.17 Å². The van der Waals surface area contributed by atoms with Crippen LogP contribution in [0, 0.1) is 0 Å². The Bertz CT molecular complexity index is 1030. The average Bonchev–Trinajstić information content (AvgIpc) is 2.84. The SMILES string of the molecule is FC1C(c2ccccc2)=Nc2ccccc2N=C1C(F)(F)C(F)(F)C(F)(F)C(F)(F)F. The zero-order chi connectivity index (χ0) is 23.2. The summed E-state index contributed by atoms with van der Waals surface area (Å²) in [6.07, 6.45) is -10.4. The molecule has 0 fully saturated rings. The molecule has 1 aliphatic rings. The molecule has 0 amide bonds. The van der Waals surface area contributed by atoms with E-state index in [9.17, 15) is 39.5 Å². The molecule has 1 heterocycles. The number of rotatable bonds is 4. The van der Waals surface area contributed by atoms with Crippen LogP contribution in [0.2, 0.25) is 0 Å². The van der Waals surface area contributed by atoms with E-state index in [1.807, 2.05) is 0 Å². The van der Waals surface area contributed by atoms with Crippen molar-refractivity contribution in [2.75, 3.05) is 0 Å². The maximum absolute atomic E-state index is 15.1. The minimum atomic E-state index is -7.18. The van der Waals surface area contributed by atoms with Crippen LogP contribution in [0.5, 0.6) is 0 Å². The summed E-state index contributed by atoms with van der Waals surface area (Å²) in [6.45, 7) is 0. The van der Waals surface area contributed by atoms with E-state index >= 15 is 4.39 Å². The fourth-order valence-corrected chi connectivity index (χ4v) is 2.74. The Hall–Kier alpha value is -2.92. The second-order valence-corrected chi connectivity index (χ2v) is 6.43. The van der Waals surface area contributed by atoms with Gasteiger partial charge in [0.1, 0.15) is 5.71 Å². The van der Waals surface area contributed by atoms with Gasteiger partial charge in [0, 0.05) is 0 Å². The Morgan fingerprint density at radius 1 is 0.613 bits per heavy atom. The summed E-state index contributed by atoms with van der Waals surface area (Å²) in [6, 6.07) is 11.0. The third-order valence-corrected chi connectivity index (χ3v) is 4.38. The average molecular weight is 456 g/mol. The van der Waals surface area contributed by atoms with Crippen molar-refractivity contribution in [3.8, 4) is 0 Å². The zero-order valence-corrected chi connectivity index (χ0v) is 14.9. The van der Waals surface area contributed by atoms with E-state index in [2.05, 4.69) is 9.98 Å². The van der Waals surface area contributed by atoms with Crippen LogP contribution in [-0.2, 0) is 0 Å². The highest BCUT2D eigenvalue weighted by Gasteiger charge is 2.83. The summed E-state index contributed by atoms with van der Waals surface area (Å²) in [5, 5.41) is 0. The molecule has 0 aromatic heterocycles. The van der Waals surface area contributed by atoms with Gasteiger partial charge in [-0.05, 0) is 17.7 Å². The number of halogens is 10. The highest BCUT2D eigenvalue weighted by atomic mass is 19.4. The Kier molecular flexibility index (Phi) is 5.39. The Morgan fingerprint density at radius 3 is 1.61 bits per heavy atom. The van der Waals surface area contributed by atoms with Crippen LogP contribution in [0.15, 0.2) is 64.6 Å². The molecular weight excluding hydrogens is 446 g/mol. The quantitative estimate of drug-likeness (QED) is 0.458. The smallest absolute Gasteiger partial charge is 0.247 e. The molecule has 0 bridgehead atoms. The highest BCUT2D eigenvalue weighted by molar-refractivity contribution is 6.22. The number of aliphatic imine (C=N–C) groups is 2. The van der Waals surface area contributed by atoms with Crippen LogP contribution in [0.4, 0.5) is 55.3 Å². The maximum atomic E-state index is 15.1. The van der Waals surface area contributed by atoms with E-state index in [0.29, 0.717) is 0 Å². The van der Waals surface area contributed by atoms with Crippen molar-refractivity contribution in [1.29, 1.82) is 0 Å². The van der Waals surface area contributed by atoms with Crippen LogP contribution in [0.25, 0.3) is 0 Å². The molecule has 1 aliphatic heterocycles. The molecule has 2 aromatic carbocycles. The summed E-state index contributed by atoms with van der Waals surface area (Å²) < 4.78 is 136. The lowest BCUT2D eigenvalue weighted by Crippen LogP contribution is -2.64. The van der Waals surface area contributed by atoms with E-state index in [0.717, 1.165) is 24.3 Å². The molecule has 1 unspecified atom stereocenters. The molecule has 1 atom stereocenters. The van der Waals surface area contributed by atoms with Crippen LogP contribution in [0.3, 0.4) is 0 Å². The first-order valence-corrected chi connectivity index (χ1v) is 8.38. The number of para-hydroxylation sites is 2. The van der Waals surface area contributed by atoms with E-state index in [1.54, 1.807) is 0 Å². The first kappa shape index (κ1) is 22.8. The van der Waals surface area contributed by atoms with Crippen LogP contribution < -0.4 is 0 Å². The first-order valence-electron chi connectivity index (χ1n) is 8.38. The molecule has 0 radical (unpaired) electrons. The van der Waals surface area contributed by atoms with Gasteiger partial charge in [0.05, 0.1) is 17.1 Å². The molecule has 0 saturated heterocycles. The molecule has 0 N–H and O–H groups in total. The van der Waals surface area contributed by atoms with E-state index in [4.69, 9.17) is 0 Å². The van der Waals surface area contributed by atoms with Gasteiger partial charge in [-0.3, -0.25) is 0 Å². The second-order valence-electron chi connectivity index (χ2n) is 6.43. The maximum Gasteiger partial charge on any atom is 0.460 e. The molecule has 0 saturated carbocycles. The van der Waals surface area contributed by atoms with Gasteiger partial charge in [0.25, 0.3) is 0 Å². The van der Waals surface area contributed by atoms with E-state index < -0.39 is 47.2 Å². The van der Waals surface area contributed by atoms with Crippen molar-refractivity contribution in [3.05, 3.63) is 60.2 Å². The van der Waals surface area contributed by atoms with Crippen molar-refractivity contribution in [2.24, 2.45) is 9.98 Å². The second kappa shape index (κ2) is 7.34. The predicted molar refractivity (Wildman–Crippen MR) is 92.0 cm³/mol. The lowest BCUT2D eigenvalue weighted by molar-refractivity contribution is -0.385. The van der Waals surface area contributed by atoms with Crippen molar-refractivity contribution in [2.45, 2.75) is 30.1 Å². The highest BCUT2D eigenvalue weighted by Crippen LogP contribution is 2.54. The van der Waals surface area contributed by atoms with Crippen LogP contribution >= 0.6 is 0 Å². The summed E-state index contributed by atoms with van der Waals surface area (Å²) in [5.74, 6) is -20.6. The van der Waals surface area contributed by atoms with E-state index in [1.165, 1.54) is 30.3 Å². The molecule has 3 rings (SSSR count). The number of alkyl halides is 10. The normalized spacial score (nSPS) is 18.1. The Balaban J connectivity index is 2.24. The lowest BCUT2D eigenvalue weighted by atomic mass is 9.93. The van der Waals surface area contributed by atoms with Gasteiger partial charge < -0.3 is 0 Å². The molecule has 12 heteroatoms. The molecule has 2 nitrogen and oxygen atoms in total. The minimum absolute atomic E-state index is 0.193. The molecule has 0 spiro atoms. The van der Waals surface area contributed by atoms with Crippen molar-refractivity contribution >= 4 is 22.8 Å². The lowest BCUT2D eigenvalue weighted by Gasteiger charge is -2.34. The van der Waals surface area contributed by atoms with Gasteiger partial charge in [-0.15, -0.1) is 0 Å². The third-order valence-electron chi connectivity index (χ3n) is 4.38. The van der Waals surface area contributed by atoms with Crippen molar-refractivity contribution in [1.82, 2.24) is 0 Å². The van der Waals surface area contributed by atoms with Crippen molar-refractivity contribution < 1.29 is 43.9 Å². The number of fused-ring (bicyclic) bond motifs is 1. The van der Waals surface area contributed by atoms with Gasteiger partial charge >= 0.3 is 23.9 Å². The predicted octanol–water partition coefficient (Wildman–Crippen LogP) is 6.70. The monoisotopic (exact) mass is 456 g/mol. The summed E-state index contributed by atoms with van der Waals surface area (Å²) >= 11 is 0. The molecule has 0 aliphatic carbocycles. The van der Waals surface area contributed by atoms with Gasteiger partial charge in [-0.25, -0.2) is 14.4 Å². The fraction of sp³-hybridized carbons (Fsp3) is 0.263. The summed E-state index contributed by atoms with van der Waals surface area (Å²) in [5.41, 5.74) is -4.51. The number of hydrogen-bond acceptors (Lipinski definition) is 2. The molecule has 2 aromatic rings. The molecule has 166 valence electrons. The Morgan fingerprint density at radius 2 is 1.10 bits per heavy atom. The molecular formula is C19H10F10N2. The minimum Gasteiger partial charge on any atom is -0.247 e. The fourth-order valence-electron chi connectivity index (χ4n) is 2.74. The van der Waals surface area contributed by atoms with Gasteiger partial charge in [-0.1, -0.05) is 42.5 Å². The summed E-state index contributed by atoms with van der Waals surface area (Å²) in [7, 11) is 0. The van der Waals surface area contributed by atoms with Crippen LogP contribution in [-0.4, -0.2) is 41.5 Å². The number of hydrogen-bond donors (Lipinski definition) is 0. The zero-order valence-electron chi connectivity index (χ0n) is 14.9. The largest absolute Gasteiger partial charge is 0.460 e. The van der Waals surface area contributed by atoms with E-state index in [-0.39, 0.29) is 11.3 Å². The summed E-state index contributed by atoms with van der Waals surface area (Å²) in [4.78, 5) is 6.81. The number of nitrogens with zero attached hydrogens (tertiary/aromatic N) is 2. The topological polar surface area (TPSA) is 24.7 Å². The first-order chi connectivity index (χ1) is 14.2. The Labute approximate surface area is 167 Å². The number of benzene rings is 2. The van der Waals surface area contributed by atoms with Gasteiger partial charge in [0.2, 0.25) is 0 Å². The third kappa shape index (κ3) is 3.57.